The molecule has 37 heteroatoms. The Morgan fingerprint density at radius 1 is 0.265 bits per heavy atom. The van der Waals surface area contributed by atoms with Crippen LogP contribution in [0.25, 0.3) is 0 Å². The first-order chi connectivity index (χ1) is 46.2. The molecule has 570 valence electrons. The van der Waals surface area contributed by atoms with Gasteiger partial charge in [-0.25, -0.2) is 0 Å². The molecule has 4 atom stereocenters. The maximum absolute atomic E-state index is 12.1. The van der Waals surface area contributed by atoms with E-state index >= 15 is 0 Å². The maximum Gasteiger partial charge on any atom is 0.315 e. The molecule has 0 saturated carbocycles. The Morgan fingerprint density at radius 3 is 0.633 bits per heavy atom. The third-order valence-corrected chi connectivity index (χ3v) is 14.2. The molecular formula is C61H104O26S11. The zero-order valence-electron chi connectivity index (χ0n) is 56.9. The molecule has 0 aliphatic carbocycles. The van der Waals surface area contributed by atoms with Gasteiger partial charge < -0.3 is 61.6 Å². The van der Waals surface area contributed by atoms with Gasteiger partial charge in [-0.1, -0.05) is 48.5 Å². The fourth-order valence-electron chi connectivity index (χ4n) is 6.42. The zero-order valence-corrected chi connectivity index (χ0v) is 66.7. The molecule has 0 fully saturated rings. The second-order valence-corrected chi connectivity index (χ2v) is 28.4. The highest BCUT2D eigenvalue weighted by molar-refractivity contribution is 7.82. The van der Waals surface area contributed by atoms with Gasteiger partial charge >= 0.3 is 77.6 Å². The fourth-order valence-corrected chi connectivity index (χ4v) is 8.20. The normalized spacial score (nSPS) is 12.6. The lowest BCUT2D eigenvalue weighted by Crippen LogP contribution is -2.44. The van der Waals surface area contributed by atoms with Crippen LogP contribution in [0.5, 0.6) is 0 Å². The van der Waals surface area contributed by atoms with E-state index in [4.69, 9.17) is 52.1 Å². The third-order valence-electron chi connectivity index (χ3n) is 11.9. The van der Waals surface area contributed by atoms with E-state index in [1.165, 1.54) is 0 Å². The Kier molecular flexibility index (Phi) is 65.8. The number of esters is 13. The summed E-state index contributed by atoms with van der Waals surface area (Å²) in [5, 5.41) is -0.922. The molecule has 0 aromatic rings. The number of hydrogen-bond donors (Lipinski definition) is 11. The largest absolute Gasteiger partial charge is 0.465 e. The molecule has 0 radical (unpaired) electrons. The number of ether oxygens (including phenoxy) is 13. The molecule has 0 aliphatic heterocycles. The summed E-state index contributed by atoms with van der Waals surface area (Å²) >= 11 is 44.2. The van der Waals surface area contributed by atoms with E-state index in [1.807, 2.05) is 13.8 Å². The summed E-state index contributed by atoms with van der Waals surface area (Å²) in [6.45, 7) is 10.3. The molecule has 0 aromatic heterocycles. The van der Waals surface area contributed by atoms with E-state index in [9.17, 15) is 62.3 Å². The second-order valence-electron chi connectivity index (χ2n) is 21.9. The molecule has 0 aliphatic rings. The van der Waals surface area contributed by atoms with Crippen LogP contribution < -0.4 is 0 Å². The smallest absolute Gasteiger partial charge is 0.315 e. The van der Waals surface area contributed by atoms with Crippen molar-refractivity contribution in [1.82, 2.24) is 0 Å². The summed E-state index contributed by atoms with van der Waals surface area (Å²) in [5.74, 6) is -4.00. The van der Waals surface area contributed by atoms with Crippen LogP contribution in [0, 0.1) is 16.2 Å². The van der Waals surface area contributed by atoms with Gasteiger partial charge in [0.05, 0.1) is 75.4 Å². The Balaban J connectivity index is -0.000000628. The average molecular weight is 1610 g/mol. The lowest BCUT2D eigenvalue weighted by molar-refractivity contribution is -0.173. The summed E-state index contributed by atoms with van der Waals surface area (Å²) in [5.41, 5.74) is -3.30. The first-order valence-electron chi connectivity index (χ1n) is 31.2. The van der Waals surface area contributed by atoms with Crippen LogP contribution in [0.15, 0.2) is 0 Å². The van der Waals surface area contributed by atoms with Crippen molar-refractivity contribution in [2.24, 2.45) is 16.2 Å². The van der Waals surface area contributed by atoms with Crippen molar-refractivity contribution in [1.29, 1.82) is 0 Å². The first-order valence-corrected chi connectivity index (χ1v) is 37.7. The number of thiol groups is 11. The third kappa shape index (κ3) is 60.5. The molecule has 0 aromatic carbocycles. The molecule has 98 heavy (non-hydrogen) atoms. The van der Waals surface area contributed by atoms with Crippen molar-refractivity contribution < 1.29 is 124 Å². The summed E-state index contributed by atoms with van der Waals surface area (Å²) in [7, 11) is 0. The summed E-state index contributed by atoms with van der Waals surface area (Å²) in [6.07, 6.45) is 2.59. The topological polar surface area (TPSA) is 342 Å². The highest BCUT2D eigenvalue weighted by atomic mass is 32.1. The van der Waals surface area contributed by atoms with Crippen molar-refractivity contribution in [3.8, 4) is 0 Å². The quantitative estimate of drug-likeness (QED) is 0.0123. The Labute approximate surface area is 637 Å². The minimum absolute atomic E-state index is 0.00157. The monoisotopic (exact) mass is 1600 g/mol. The van der Waals surface area contributed by atoms with Gasteiger partial charge in [0.15, 0.2) is 0 Å². The second kappa shape index (κ2) is 63.6. The fraction of sp³-hybridized carbons (Fsp3) is 0.787. The molecular weight excluding hydrogens is 1500 g/mol. The average Bonchev–Trinajstić information content (AvgIpc) is 0.937. The summed E-state index contributed by atoms with van der Waals surface area (Å²) in [6, 6.07) is 0. The van der Waals surface area contributed by atoms with Crippen molar-refractivity contribution in [3.63, 3.8) is 0 Å². The van der Waals surface area contributed by atoms with Crippen LogP contribution >= 0.6 is 139 Å². The van der Waals surface area contributed by atoms with E-state index in [0.29, 0.717) is 53.8 Å². The molecule has 0 rings (SSSR count). The minimum atomic E-state index is -1.30. The van der Waals surface area contributed by atoms with Crippen LogP contribution in [0.2, 0.25) is 0 Å². The predicted octanol–water partition coefficient (Wildman–Crippen LogP) is 7.27. The zero-order chi connectivity index (χ0) is 75.5. The standard InChI is InChI=1S/C21H36O8S4.C18H30O8S3.C15H26O6S3.C7H12O4S/c1-13(30)5-17(22)26-9-21(10-27-18(23)6-14(2)31,11-28-19(24)7-15(3)32)12-29-20(25)8-16(4)33;1-2-3-14(19)23-10-18(11-24-15(20)4-7-27,12-25-16(21)5-8-28)13-26-17(22)6-9-29;1-2-15(9-19-12(16)3-6-22,10-20-13(17)4-7-23)11-21-14(18)5-8-24;1-2-6(8)10-3-4-11-7(9)5-12/h13-16,30-33H,5-12H2,1-4H3;27-29H,2-13H2,1H3;22-24H,2-11H2,1H3;12H,2-5H2,1H3. The van der Waals surface area contributed by atoms with E-state index in [-0.39, 0.29) is 189 Å². The van der Waals surface area contributed by atoms with Gasteiger partial charge in [-0.05, 0) is 12.8 Å². The van der Waals surface area contributed by atoms with Crippen LogP contribution in [0.3, 0.4) is 0 Å². The van der Waals surface area contributed by atoms with Gasteiger partial charge in [0.1, 0.15) is 96.7 Å². The Morgan fingerprint density at radius 2 is 0.459 bits per heavy atom. The van der Waals surface area contributed by atoms with Crippen molar-refractivity contribution in [2.45, 2.75) is 159 Å². The lowest BCUT2D eigenvalue weighted by atomic mass is 9.88. The maximum atomic E-state index is 12.1. The molecule has 0 N–H and O–H groups in total. The highest BCUT2D eigenvalue weighted by Crippen LogP contribution is 2.27. The molecule has 26 nitrogen and oxygen atoms in total. The summed E-state index contributed by atoms with van der Waals surface area (Å²) < 4.78 is 67.3. The SMILES string of the molecule is CC(S)CC(=O)OCC(COC(=O)CC(C)S)(COC(=O)CC(C)S)COC(=O)CC(C)S.CCC(=O)OCCOC(=O)CS.CCC(COC(=O)CCS)(COC(=O)CCS)COC(=O)CCS.CCCC(=O)OCC(COC(=O)CCS)(COC(=O)CCS)COC(=O)CCS. The molecule has 0 amide bonds. The van der Waals surface area contributed by atoms with Crippen LogP contribution in [0.4, 0.5) is 0 Å². The van der Waals surface area contributed by atoms with Crippen molar-refractivity contribution in [2.75, 3.05) is 126 Å². The van der Waals surface area contributed by atoms with Gasteiger partial charge in [0, 0.05) is 68.4 Å². The Hall–Kier alpha value is -3.04. The van der Waals surface area contributed by atoms with Crippen LogP contribution in [0.1, 0.15) is 138 Å². The number of carbonyl (C=O) groups excluding carboxylic acids is 13. The molecule has 0 heterocycles. The lowest BCUT2D eigenvalue weighted by Gasteiger charge is -2.32. The number of hydrogen-bond acceptors (Lipinski definition) is 37. The summed E-state index contributed by atoms with van der Waals surface area (Å²) in [4.78, 5) is 152. The van der Waals surface area contributed by atoms with Crippen molar-refractivity contribution >= 4 is 217 Å². The van der Waals surface area contributed by atoms with E-state index in [1.54, 1.807) is 34.6 Å². The molecule has 4 unspecified atom stereocenters. The van der Waals surface area contributed by atoms with Gasteiger partial charge in [0.25, 0.3) is 0 Å². The van der Waals surface area contributed by atoms with Gasteiger partial charge in [-0.3, -0.25) is 62.3 Å². The van der Waals surface area contributed by atoms with Gasteiger partial charge in [-0.15, -0.1) is 0 Å². The first kappa shape index (κ1) is 101. The highest BCUT2D eigenvalue weighted by Gasteiger charge is 2.40. The molecule has 0 saturated heterocycles. The number of rotatable bonds is 50. The number of carbonyl (C=O) groups is 13. The molecule has 0 bridgehead atoms. The van der Waals surface area contributed by atoms with E-state index in [0.717, 1.165) is 0 Å². The van der Waals surface area contributed by atoms with Gasteiger partial charge in [0.2, 0.25) is 0 Å². The minimum Gasteiger partial charge on any atom is -0.465 e. The Bertz CT molecular complexity index is 2040. The molecule has 0 spiro atoms. The van der Waals surface area contributed by atoms with Crippen LogP contribution in [-0.4, -0.2) is 225 Å². The van der Waals surface area contributed by atoms with Crippen molar-refractivity contribution in [3.05, 3.63) is 0 Å². The van der Waals surface area contributed by atoms with Crippen LogP contribution in [-0.2, 0) is 124 Å². The van der Waals surface area contributed by atoms with E-state index in [2.05, 4.69) is 148 Å². The predicted molar refractivity (Wildman–Crippen MR) is 402 cm³/mol. The van der Waals surface area contributed by atoms with E-state index < -0.39 is 87.9 Å². The van der Waals surface area contributed by atoms with Gasteiger partial charge in [-0.2, -0.15) is 139 Å².